The summed E-state index contributed by atoms with van der Waals surface area (Å²) in [5.41, 5.74) is 2.13. The van der Waals surface area contributed by atoms with E-state index >= 15 is 0 Å². The highest BCUT2D eigenvalue weighted by Crippen LogP contribution is 2.05. The molecule has 80 valence electrons. The van der Waals surface area contributed by atoms with Crippen molar-refractivity contribution in [2.24, 2.45) is 7.05 Å². The minimum Gasteiger partial charge on any atom is -0.364 e. The molecule has 15 heavy (non-hydrogen) atoms. The minimum atomic E-state index is 0.779. The maximum absolute atomic E-state index is 4.78. The average molecular weight is 206 g/mol. The molecule has 0 bridgehead atoms. The molecule has 0 atom stereocenters. The minimum absolute atomic E-state index is 0.779. The van der Waals surface area contributed by atoms with Crippen LogP contribution < -0.4 is 0 Å². The molecule has 0 aliphatic rings. The second-order valence-corrected chi connectivity index (χ2v) is 3.61. The molecule has 5 heteroatoms. The molecule has 2 rings (SSSR count). The Bertz CT molecular complexity index is 407. The summed E-state index contributed by atoms with van der Waals surface area (Å²) >= 11 is 0. The molecule has 0 saturated heterocycles. The largest absolute Gasteiger partial charge is 0.364 e. The zero-order valence-electron chi connectivity index (χ0n) is 8.92. The van der Waals surface area contributed by atoms with E-state index in [2.05, 4.69) is 15.2 Å². The second kappa shape index (κ2) is 4.27. The summed E-state index contributed by atoms with van der Waals surface area (Å²) in [6.45, 7) is 1.63. The van der Waals surface area contributed by atoms with Crippen LogP contribution in [0.15, 0.2) is 29.1 Å². The first-order valence-corrected chi connectivity index (χ1v) is 4.80. The molecule has 0 radical (unpaired) electrons. The predicted octanol–water partition coefficient (Wildman–Crippen LogP) is 1.04. The monoisotopic (exact) mass is 206 g/mol. The van der Waals surface area contributed by atoms with Gasteiger partial charge in [0, 0.05) is 32.4 Å². The summed E-state index contributed by atoms with van der Waals surface area (Å²) in [6, 6.07) is 3.89. The molecule has 0 fully saturated rings. The van der Waals surface area contributed by atoms with Crippen LogP contribution in [0.25, 0.3) is 0 Å². The highest BCUT2D eigenvalue weighted by molar-refractivity contribution is 5.01. The van der Waals surface area contributed by atoms with Crippen LogP contribution in [0.4, 0.5) is 0 Å². The van der Waals surface area contributed by atoms with E-state index in [9.17, 15) is 0 Å². The fraction of sp³-hybridized carbons (Fsp3) is 0.400. The highest BCUT2D eigenvalue weighted by Gasteiger charge is 2.06. The van der Waals surface area contributed by atoms with Crippen molar-refractivity contribution < 1.29 is 4.52 Å². The normalized spacial score (nSPS) is 11.1. The van der Waals surface area contributed by atoms with Crippen LogP contribution in [0.2, 0.25) is 0 Å². The molecule has 0 aliphatic carbocycles. The molecule has 0 amide bonds. The van der Waals surface area contributed by atoms with E-state index in [-0.39, 0.29) is 0 Å². The lowest BCUT2D eigenvalue weighted by molar-refractivity contribution is 0.296. The molecule has 0 unspecified atom stereocenters. The van der Waals surface area contributed by atoms with Crippen LogP contribution in [0.5, 0.6) is 0 Å². The predicted molar refractivity (Wildman–Crippen MR) is 54.9 cm³/mol. The first-order chi connectivity index (χ1) is 7.25. The quantitative estimate of drug-likeness (QED) is 0.750. The van der Waals surface area contributed by atoms with E-state index in [0.717, 1.165) is 18.8 Å². The molecule has 0 saturated carbocycles. The Hall–Kier alpha value is -1.62. The van der Waals surface area contributed by atoms with Crippen molar-refractivity contribution in [1.82, 2.24) is 19.8 Å². The lowest BCUT2D eigenvalue weighted by atomic mass is 10.3. The molecular formula is C10H14N4O. The van der Waals surface area contributed by atoms with E-state index < -0.39 is 0 Å². The Balaban J connectivity index is 1.93. The Morgan fingerprint density at radius 3 is 2.87 bits per heavy atom. The van der Waals surface area contributed by atoms with Gasteiger partial charge in [-0.05, 0) is 13.1 Å². The van der Waals surface area contributed by atoms with Gasteiger partial charge < -0.3 is 4.52 Å². The Morgan fingerprint density at radius 2 is 2.27 bits per heavy atom. The molecule has 2 aromatic heterocycles. The summed E-state index contributed by atoms with van der Waals surface area (Å²) in [4.78, 5) is 2.16. The molecular weight excluding hydrogens is 192 g/mol. The SMILES string of the molecule is CN(Cc1ccon1)Cc1ccnn1C. The van der Waals surface area contributed by atoms with Gasteiger partial charge in [0.25, 0.3) is 0 Å². The van der Waals surface area contributed by atoms with Gasteiger partial charge in [0.15, 0.2) is 0 Å². The first-order valence-electron chi connectivity index (χ1n) is 4.80. The number of aryl methyl sites for hydroxylation is 1. The fourth-order valence-electron chi connectivity index (χ4n) is 1.48. The number of rotatable bonds is 4. The van der Waals surface area contributed by atoms with Crippen molar-refractivity contribution in [1.29, 1.82) is 0 Å². The van der Waals surface area contributed by atoms with Crippen LogP contribution >= 0.6 is 0 Å². The molecule has 0 N–H and O–H groups in total. The van der Waals surface area contributed by atoms with Gasteiger partial charge in [-0.2, -0.15) is 5.10 Å². The van der Waals surface area contributed by atoms with E-state index in [1.165, 1.54) is 5.69 Å². The van der Waals surface area contributed by atoms with Crippen molar-refractivity contribution in [2.75, 3.05) is 7.05 Å². The highest BCUT2D eigenvalue weighted by atomic mass is 16.5. The van der Waals surface area contributed by atoms with Crippen LogP contribution in [0, 0.1) is 0 Å². The Kier molecular flexibility index (Phi) is 2.82. The van der Waals surface area contributed by atoms with Gasteiger partial charge in [-0.25, -0.2) is 0 Å². The number of hydrogen-bond acceptors (Lipinski definition) is 4. The maximum atomic E-state index is 4.78. The third-order valence-electron chi connectivity index (χ3n) is 2.28. The van der Waals surface area contributed by atoms with Crippen molar-refractivity contribution in [3.63, 3.8) is 0 Å². The molecule has 2 aromatic rings. The lowest BCUT2D eigenvalue weighted by Gasteiger charge is -2.14. The van der Waals surface area contributed by atoms with Crippen molar-refractivity contribution >= 4 is 0 Å². The third-order valence-corrected chi connectivity index (χ3v) is 2.28. The smallest absolute Gasteiger partial charge is 0.124 e. The zero-order chi connectivity index (χ0) is 10.7. The standard InChI is InChI=1S/C10H14N4O/c1-13(7-9-4-6-15-12-9)8-10-3-5-11-14(10)2/h3-6H,7-8H2,1-2H3. The van der Waals surface area contributed by atoms with Crippen LogP contribution in [0.3, 0.4) is 0 Å². The van der Waals surface area contributed by atoms with Crippen molar-refractivity contribution in [3.05, 3.63) is 36.0 Å². The van der Waals surface area contributed by atoms with Gasteiger partial charge >= 0.3 is 0 Å². The van der Waals surface area contributed by atoms with Gasteiger partial charge in [0.1, 0.15) is 6.26 Å². The molecule has 0 aromatic carbocycles. The van der Waals surface area contributed by atoms with Crippen molar-refractivity contribution in [3.8, 4) is 0 Å². The molecule has 0 spiro atoms. The third kappa shape index (κ3) is 2.44. The summed E-state index contributed by atoms with van der Waals surface area (Å²) in [5, 5.41) is 7.99. The number of nitrogens with zero attached hydrogens (tertiary/aromatic N) is 4. The number of aromatic nitrogens is 3. The fourth-order valence-corrected chi connectivity index (χ4v) is 1.48. The summed E-state index contributed by atoms with van der Waals surface area (Å²) in [5.74, 6) is 0. The van der Waals surface area contributed by atoms with Crippen molar-refractivity contribution in [2.45, 2.75) is 13.1 Å². The lowest BCUT2D eigenvalue weighted by Crippen LogP contribution is -2.19. The Labute approximate surface area is 88.3 Å². The van der Waals surface area contributed by atoms with Gasteiger partial charge in [0.2, 0.25) is 0 Å². The van der Waals surface area contributed by atoms with Gasteiger partial charge in [-0.3, -0.25) is 9.58 Å². The van der Waals surface area contributed by atoms with E-state index in [4.69, 9.17) is 4.52 Å². The van der Waals surface area contributed by atoms with E-state index in [1.54, 1.807) is 12.5 Å². The average Bonchev–Trinajstić information content (AvgIpc) is 2.79. The maximum Gasteiger partial charge on any atom is 0.124 e. The van der Waals surface area contributed by atoms with Crippen LogP contribution in [0.1, 0.15) is 11.4 Å². The van der Waals surface area contributed by atoms with Gasteiger partial charge in [0.05, 0.1) is 11.4 Å². The van der Waals surface area contributed by atoms with E-state index in [0.29, 0.717) is 0 Å². The molecule has 5 nitrogen and oxygen atoms in total. The van der Waals surface area contributed by atoms with Crippen LogP contribution in [-0.4, -0.2) is 26.9 Å². The Morgan fingerprint density at radius 1 is 1.40 bits per heavy atom. The van der Waals surface area contributed by atoms with Crippen LogP contribution in [-0.2, 0) is 20.1 Å². The van der Waals surface area contributed by atoms with Gasteiger partial charge in [-0.15, -0.1) is 0 Å². The molecule has 2 heterocycles. The summed E-state index contributed by atoms with van der Waals surface area (Å²) in [6.07, 6.45) is 3.40. The van der Waals surface area contributed by atoms with E-state index in [1.807, 2.05) is 30.9 Å². The van der Waals surface area contributed by atoms with Gasteiger partial charge in [-0.1, -0.05) is 5.16 Å². The zero-order valence-corrected chi connectivity index (χ0v) is 8.92. The number of hydrogen-bond donors (Lipinski definition) is 0. The first kappa shape index (κ1) is 9.92. The summed E-state index contributed by atoms with van der Waals surface area (Å²) < 4.78 is 6.65. The topological polar surface area (TPSA) is 47.1 Å². The molecule has 0 aliphatic heterocycles. The second-order valence-electron chi connectivity index (χ2n) is 3.61. The summed E-state index contributed by atoms with van der Waals surface area (Å²) in [7, 11) is 3.99.